The third kappa shape index (κ3) is 4.60. The molecule has 0 fully saturated rings. The summed E-state index contributed by atoms with van der Waals surface area (Å²) >= 11 is 0. The van der Waals surface area contributed by atoms with Gasteiger partial charge >= 0.3 is 0 Å². The molecule has 0 aliphatic carbocycles. The lowest BCUT2D eigenvalue weighted by molar-refractivity contribution is -0.116. The largest absolute Gasteiger partial charge is 0.325 e. The van der Waals surface area contributed by atoms with Crippen LogP contribution < -0.4 is 16.2 Å². The smallest absolute Gasteiger partial charge is 0.255 e. The number of amides is 1. The number of nitrogens with zero attached hydrogens (tertiary/aromatic N) is 3. The lowest BCUT2D eigenvalue weighted by Gasteiger charge is -2.14. The summed E-state index contributed by atoms with van der Waals surface area (Å²) < 4.78 is 1.31. The number of aromatic amines is 1. The Kier molecular flexibility index (Phi) is 5.07. The highest BCUT2D eigenvalue weighted by atomic mass is 16.2. The molecule has 8 nitrogen and oxygen atoms in total. The summed E-state index contributed by atoms with van der Waals surface area (Å²) in [5, 5.41) is 12.5. The Bertz CT molecular complexity index is 1030. The molecular weight excluding hydrogens is 344 g/mol. The first-order valence-corrected chi connectivity index (χ1v) is 8.56. The molecule has 1 aromatic carbocycles. The quantitative estimate of drug-likeness (QED) is 0.644. The van der Waals surface area contributed by atoms with E-state index in [2.05, 4.69) is 31.9 Å². The molecule has 0 saturated carbocycles. The minimum atomic E-state index is -0.363. The molecule has 0 aliphatic heterocycles. The molecule has 8 heteroatoms. The Morgan fingerprint density at radius 3 is 2.41 bits per heavy atom. The van der Waals surface area contributed by atoms with E-state index < -0.39 is 0 Å². The Hall–Kier alpha value is -3.42. The monoisotopic (exact) mass is 366 g/mol. The van der Waals surface area contributed by atoms with E-state index in [0.717, 1.165) is 22.5 Å². The molecule has 0 saturated heterocycles. The molecule has 0 spiro atoms. The molecule has 3 N–H and O–H groups in total. The lowest BCUT2D eigenvalue weighted by Crippen LogP contribution is -2.30. The average molecular weight is 366 g/mol. The van der Waals surface area contributed by atoms with Crippen molar-refractivity contribution in [3.63, 3.8) is 0 Å². The molecule has 3 aromatic rings. The van der Waals surface area contributed by atoms with E-state index in [-0.39, 0.29) is 18.0 Å². The number of benzene rings is 1. The number of aryl methyl sites for hydroxylation is 4. The second-order valence-electron chi connectivity index (χ2n) is 6.63. The second kappa shape index (κ2) is 7.45. The third-order valence-electron chi connectivity index (χ3n) is 3.89. The summed E-state index contributed by atoms with van der Waals surface area (Å²) in [4.78, 5) is 29.2. The second-order valence-corrected chi connectivity index (χ2v) is 6.63. The van der Waals surface area contributed by atoms with Crippen LogP contribution in [-0.2, 0) is 11.3 Å². The molecule has 1 amide bonds. The summed E-state index contributed by atoms with van der Waals surface area (Å²) in [6.07, 6.45) is 0. The molecule has 3 rings (SSSR count). The first-order valence-electron chi connectivity index (χ1n) is 8.56. The molecule has 2 heterocycles. The highest BCUT2D eigenvalue weighted by Crippen LogP contribution is 2.18. The van der Waals surface area contributed by atoms with Gasteiger partial charge in [-0.25, -0.2) is 4.98 Å². The number of hydrogen-bond acceptors (Lipinski definition) is 5. The molecule has 27 heavy (non-hydrogen) atoms. The van der Waals surface area contributed by atoms with Crippen LogP contribution in [0.4, 0.5) is 17.5 Å². The fraction of sp³-hybridized carbons (Fsp3) is 0.263. The molecule has 0 atom stereocenters. The Labute approximate surface area is 156 Å². The van der Waals surface area contributed by atoms with Crippen molar-refractivity contribution in [3.05, 3.63) is 63.2 Å². The third-order valence-corrected chi connectivity index (χ3v) is 3.89. The van der Waals surface area contributed by atoms with Crippen LogP contribution in [0.3, 0.4) is 0 Å². The van der Waals surface area contributed by atoms with Crippen LogP contribution in [0.5, 0.6) is 0 Å². The van der Waals surface area contributed by atoms with E-state index in [1.54, 1.807) is 13.0 Å². The number of nitrogens with one attached hydrogen (secondary N) is 3. The Morgan fingerprint density at radius 2 is 1.78 bits per heavy atom. The van der Waals surface area contributed by atoms with Gasteiger partial charge in [0.15, 0.2) is 5.82 Å². The van der Waals surface area contributed by atoms with E-state index in [1.165, 1.54) is 10.6 Å². The van der Waals surface area contributed by atoms with Crippen LogP contribution in [0.25, 0.3) is 0 Å². The van der Waals surface area contributed by atoms with Gasteiger partial charge in [0.25, 0.3) is 5.56 Å². The minimum Gasteiger partial charge on any atom is -0.325 e. The zero-order valence-corrected chi connectivity index (χ0v) is 15.8. The van der Waals surface area contributed by atoms with Gasteiger partial charge in [-0.05, 0) is 51.0 Å². The van der Waals surface area contributed by atoms with Gasteiger partial charge in [-0.1, -0.05) is 6.07 Å². The van der Waals surface area contributed by atoms with Gasteiger partial charge < -0.3 is 10.6 Å². The van der Waals surface area contributed by atoms with Gasteiger partial charge in [-0.3, -0.25) is 19.3 Å². The van der Waals surface area contributed by atoms with Crippen molar-refractivity contribution in [1.82, 2.24) is 19.7 Å². The number of H-pyrrole nitrogens is 1. The lowest BCUT2D eigenvalue weighted by atomic mass is 10.1. The SMILES string of the molecule is Cc1cc(C)cc(Nc2nc(C)cc(=O)n2CC(=O)Nc2cc(C)[nH]n2)c1. The predicted octanol–water partition coefficient (Wildman–Crippen LogP) is 2.58. The van der Waals surface area contributed by atoms with Crippen molar-refractivity contribution in [3.8, 4) is 0 Å². The minimum absolute atomic E-state index is 0.175. The maximum absolute atomic E-state index is 12.5. The molecule has 0 aliphatic rings. The molecule has 0 bridgehead atoms. The van der Waals surface area contributed by atoms with Crippen LogP contribution in [0.2, 0.25) is 0 Å². The average Bonchev–Trinajstić information content (AvgIpc) is 2.94. The molecule has 2 aromatic heterocycles. The van der Waals surface area contributed by atoms with Crippen molar-refractivity contribution in [2.45, 2.75) is 34.2 Å². The number of aromatic nitrogens is 4. The highest BCUT2D eigenvalue weighted by Gasteiger charge is 2.13. The number of carbonyl (C=O) groups is 1. The van der Waals surface area contributed by atoms with Crippen molar-refractivity contribution < 1.29 is 4.79 Å². The molecule has 0 unspecified atom stereocenters. The van der Waals surface area contributed by atoms with Gasteiger partial charge in [0.2, 0.25) is 11.9 Å². The fourth-order valence-corrected chi connectivity index (χ4v) is 2.85. The van der Waals surface area contributed by atoms with Crippen molar-refractivity contribution >= 4 is 23.4 Å². The first kappa shape index (κ1) is 18.4. The van der Waals surface area contributed by atoms with Gasteiger partial charge in [0.1, 0.15) is 6.54 Å². The molecule has 0 radical (unpaired) electrons. The Balaban J connectivity index is 1.88. The van der Waals surface area contributed by atoms with Gasteiger partial charge in [0, 0.05) is 29.2 Å². The summed E-state index contributed by atoms with van der Waals surface area (Å²) in [6, 6.07) is 9.08. The topological polar surface area (TPSA) is 105 Å². The van der Waals surface area contributed by atoms with Crippen LogP contribution in [0.15, 0.2) is 35.1 Å². The van der Waals surface area contributed by atoms with Gasteiger partial charge in [-0.15, -0.1) is 0 Å². The summed E-state index contributed by atoms with van der Waals surface area (Å²) in [7, 11) is 0. The maximum atomic E-state index is 12.5. The number of hydrogen-bond donors (Lipinski definition) is 3. The van der Waals surface area contributed by atoms with E-state index >= 15 is 0 Å². The maximum Gasteiger partial charge on any atom is 0.255 e. The van der Waals surface area contributed by atoms with Crippen LogP contribution in [-0.4, -0.2) is 25.7 Å². The summed E-state index contributed by atoms with van der Waals surface area (Å²) in [5.41, 5.74) is 4.09. The van der Waals surface area contributed by atoms with E-state index in [4.69, 9.17) is 0 Å². The number of carbonyl (C=O) groups excluding carboxylic acids is 1. The summed E-state index contributed by atoms with van der Waals surface area (Å²) in [6.45, 7) is 7.39. The van der Waals surface area contributed by atoms with Crippen LogP contribution in [0.1, 0.15) is 22.5 Å². The predicted molar refractivity (Wildman–Crippen MR) is 104 cm³/mol. The standard InChI is InChI=1S/C19H22N6O2/c1-11-5-12(2)7-15(6-11)21-19-20-13(3)9-18(27)25(19)10-17(26)22-16-8-14(4)23-24-16/h5-9H,10H2,1-4H3,(H,20,21)(H2,22,23,24,26). The highest BCUT2D eigenvalue weighted by molar-refractivity contribution is 5.89. The van der Waals surface area contributed by atoms with Crippen LogP contribution in [0, 0.1) is 27.7 Å². The van der Waals surface area contributed by atoms with E-state index in [9.17, 15) is 9.59 Å². The van der Waals surface area contributed by atoms with Crippen molar-refractivity contribution in [2.24, 2.45) is 0 Å². The molecular formula is C19H22N6O2. The normalized spacial score (nSPS) is 10.7. The zero-order chi connectivity index (χ0) is 19.6. The van der Waals surface area contributed by atoms with Gasteiger partial charge in [-0.2, -0.15) is 5.10 Å². The number of rotatable bonds is 5. The first-order chi connectivity index (χ1) is 12.8. The van der Waals surface area contributed by atoms with Crippen molar-refractivity contribution in [2.75, 3.05) is 10.6 Å². The van der Waals surface area contributed by atoms with E-state index in [1.807, 2.05) is 32.9 Å². The van der Waals surface area contributed by atoms with Gasteiger partial charge in [0.05, 0.1) is 0 Å². The van der Waals surface area contributed by atoms with Crippen molar-refractivity contribution in [1.29, 1.82) is 0 Å². The molecule has 140 valence electrons. The number of anilines is 3. The fourth-order valence-electron chi connectivity index (χ4n) is 2.85. The summed E-state index contributed by atoms with van der Waals surface area (Å²) in [5.74, 6) is 0.366. The van der Waals surface area contributed by atoms with E-state index in [0.29, 0.717) is 17.5 Å². The Morgan fingerprint density at radius 1 is 1.07 bits per heavy atom. The zero-order valence-electron chi connectivity index (χ0n) is 15.8. The van der Waals surface area contributed by atoms with Crippen LogP contribution >= 0.6 is 0 Å².